The van der Waals surface area contributed by atoms with Crippen molar-refractivity contribution in [2.75, 3.05) is 13.2 Å². The van der Waals surface area contributed by atoms with E-state index in [0.29, 0.717) is 19.3 Å². The van der Waals surface area contributed by atoms with Crippen LogP contribution in [0, 0.1) is 0 Å². The largest absolute Gasteiger partial charge is 0.462 e. The summed E-state index contributed by atoms with van der Waals surface area (Å²) in [6.45, 7) is 6.56. The molecule has 82 heavy (non-hydrogen) atoms. The van der Waals surface area contributed by atoms with E-state index in [1.165, 1.54) is 218 Å². The molecule has 6 heteroatoms. The molecule has 0 amide bonds. The van der Waals surface area contributed by atoms with Gasteiger partial charge in [-0.2, -0.15) is 0 Å². The van der Waals surface area contributed by atoms with Crippen molar-refractivity contribution in [3.05, 3.63) is 85.1 Å². The van der Waals surface area contributed by atoms with Crippen LogP contribution in [0.4, 0.5) is 0 Å². The zero-order valence-corrected chi connectivity index (χ0v) is 54.5. The number of esters is 3. The summed E-state index contributed by atoms with van der Waals surface area (Å²) in [5, 5.41) is 0. The van der Waals surface area contributed by atoms with E-state index in [4.69, 9.17) is 14.2 Å². The summed E-state index contributed by atoms with van der Waals surface area (Å²) in [5.41, 5.74) is 0. The topological polar surface area (TPSA) is 78.9 Å². The quantitative estimate of drug-likeness (QED) is 0.0261. The van der Waals surface area contributed by atoms with E-state index >= 15 is 0 Å². The van der Waals surface area contributed by atoms with Gasteiger partial charge in [-0.3, -0.25) is 14.4 Å². The highest BCUT2D eigenvalue weighted by Crippen LogP contribution is 2.18. The molecule has 0 N–H and O–H groups in total. The van der Waals surface area contributed by atoms with E-state index in [2.05, 4.69) is 106 Å². The summed E-state index contributed by atoms with van der Waals surface area (Å²) in [4.78, 5) is 38.5. The Labute approximate surface area is 509 Å². The Morgan fingerprint density at radius 2 is 0.476 bits per heavy atom. The summed E-state index contributed by atoms with van der Waals surface area (Å²) in [6.07, 6.45) is 93.1. The Morgan fingerprint density at radius 1 is 0.256 bits per heavy atom. The maximum atomic E-state index is 13.0. The molecule has 0 aliphatic carbocycles. The summed E-state index contributed by atoms with van der Waals surface area (Å²) in [7, 11) is 0. The van der Waals surface area contributed by atoms with Gasteiger partial charge in [0.2, 0.25) is 0 Å². The third kappa shape index (κ3) is 67.4. The first-order valence-electron chi connectivity index (χ1n) is 35.6. The monoisotopic (exact) mass is 1140 g/mol. The number of carbonyl (C=O) groups excluding carboxylic acids is 3. The third-order valence-electron chi connectivity index (χ3n) is 15.6. The van der Waals surface area contributed by atoms with Gasteiger partial charge in [-0.15, -0.1) is 0 Å². The van der Waals surface area contributed by atoms with Crippen LogP contribution in [0.2, 0.25) is 0 Å². The molecular weight excluding hydrogens is 1010 g/mol. The Bertz CT molecular complexity index is 1550. The average Bonchev–Trinajstić information content (AvgIpc) is 3.47. The number of rotatable bonds is 65. The smallest absolute Gasteiger partial charge is 0.306 e. The average molecular weight is 1140 g/mol. The number of ether oxygens (including phenoxy) is 3. The fourth-order valence-electron chi connectivity index (χ4n) is 10.3. The van der Waals surface area contributed by atoms with Gasteiger partial charge in [-0.25, -0.2) is 0 Å². The van der Waals surface area contributed by atoms with Gasteiger partial charge in [0, 0.05) is 19.3 Å². The van der Waals surface area contributed by atoms with Crippen LogP contribution in [-0.2, 0) is 28.6 Å². The third-order valence-corrected chi connectivity index (χ3v) is 15.6. The minimum atomic E-state index is -0.785. The van der Waals surface area contributed by atoms with Crippen molar-refractivity contribution in [1.29, 1.82) is 0 Å². The second-order valence-corrected chi connectivity index (χ2v) is 23.8. The summed E-state index contributed by atoms with van der Waals surface area (Å²) in [6, 6.07) is 0. The predicted octanol–water partition coefficient (Wildman–Crippen LogP) is 24.6. The molecule has 0 aromatic carbocycles. The molecule has 1 atom stereocenters. The molecule has 0 saturated carbocycles. The molecule has 0 aliphatic rings. The molecule has 0 aromatic rings. The second kappa shape index (κ2) is 70.1. The summed E-state index contributed by atoms with van der Waals surface area (Å²) >= 11 is 0. The maximum Gasteiger partial charge on any atom is 0.306 e. The number of unbranched alkanes of at least 4 members (excludes halogenated alkanes) is 40. The van der Waals surface area contributed by atoms with Crippen molar-refractivity contribution in [3.8, 4) is 0 Å². The van der Waals surface area contributed by atoms with E-state index in [-0.39, 0.29) is 31.1 Å². The Hall–Kier alpha value is -3.41. The molecule has 0 fully saturated rings. The highest BCUT2D eigenvalue weighted by Gasteiger charge is 2.19. The van der Waals surface area contributed by atoms with Gasteiger partial charge in [0.15, 0.2) is 6.10 Å². The molecule has 0 aromatic heterocycles. The number of hydrogen-bond donors (Lipinski definition) is 0. The van der Waals surface area contributed by atoms with Crippen LogP contribution in [0.3, 0.4) is 0 Å². The lowest BCUT2D eigenvalue weighted by molar-refractivity contribution is -0.167. The Kier molecular flexibility index (Phi) is 67.2. The maximum absolute atomic E-state index is 13.0. The van der Waals surface area contributed by atoms with Crippen molar-refractivity contribution in [2.45, 2.75) is 367 Å². The van der Waals surface area contributed by atoms with Crippen molar-refractivity contribution in [3.63, 3.8) is 0 Å². The van der Waals surface area contributed by atoms with Crippen molar-refractivity contribution < 1.29 is 28.6 Å². The lowest BCUT2D eigenvalue weighted by Crippen LogP contribution is -2.30. The van der Waals surface area contributed by atoms with Gasteiger partial charge in [0.25, 0.3) is 0 Å². The Morgan fingerprint density at radius 3 is 0.744 bits per heavy atom. The molecule has 1 unspecified atom stereocenters. The highest BCUT2D eigenvalue weighted by molar-refractivity contribution is 5.71. The molecule has 0 spiro atoms. The lowest BCUT2D eigenvalue weighted by atomic mass is 10.0. The van der Waals surface area contributed by atoms with Gasteiger partial charge < -0.3 is 14.2 Å². The Balaban J connectivity index is 4.37. The van der Waals surface area contributed by atoms with Crippen molar-refractivity contribution >= 4 is 17.9 Å². The van der Waals surface area contributed by atoms with E-state index < -0.39 is 6.10 Å². The fourth-order valence-corrected chi connectivity index (χ4v) is 10.3. The molecule has 0 radical (unpaired) electrons. The zero-order valence-electron chi connectivity index (χ0n) is 54.5. The summed E-state index contributed by atoms with van der Waals surface area (Å²) < 4.78 is 17.0. The molecular formula is C76H134O6. The van der Waals surface area contributed by atoms with Crippen LogP contribution >= 0.6 is 0 Å². The van der Waals surface area contributed by atoms with E-state index in [0.717, 1.165) is 103 Å². The first-order chi connectivity index (χ1) is 40.5. The van der Waals surface area contributed by atoms with Crippen molar-refractivity contribution in [1.82, 2.24) is 0 Å². The van der Waals surface area contributed by atoms with E-state index in [1.807, 2.05) is 0 Å². The van der Waals surface area contributed by atoms with Crippen LogP contribution in [0.15, 0.2) is 85.1 Å². The van der Waals surface area contributed by atoms with Crippen LogP contribution in [0.1, 0.15) is 361 Å². The molecule has 0 aliphatic heterocycles. The van der Waals surface area contributed by atoms with Gasteiger partial charge in [0.1, 0.15) is 13.2 Å². The van der Waals surface area contributed by atoms with Gasteiger partial charge in [0.05, 0.1) is 0 Å². The molecule has 474 valence electrons. The van der Waals surface area contributed by atoms with E-state index in [9.17, 15) is 14.4 Å². The number of allylic oxidation sites excluding steroid dienone is 14. The van der Waals surface area contributed by atoms with Crippen LogP contribution in [-0.4, -0.2) is 37.2 Å². The molecule has 0 heterocycles. The standard InChI is InChI=1S/C76H134O6/c1-4-7-10-13-16-19-22-25-28-31-34-36-37-38-39-40-43-45-48-51-54-57-60-63-66-69-75(78)81-72-73(71-80-74(77)68-65-62-59-56-53-50-47-44-41-33-30-27-24-21-18-15-12-9-6-3)82-76(79)70-67-64-61-58-55-52-49-46-42-35-32-29-26-23-20-17-14-11-8-5-2/h9,12,18,21-22,25,27,30-31,34,37-38,41,44,73H,4-8,10-11,13-17,19-20,23-24,26,28-29,32-33,35-36,39-40,42-43,45-72H2,1-3H3/b12-9-,21-18-,25-22-,30-27-,34-31-,38-37-,44-41-. The normalized spacial score (nSPS) is 12.6. The van der Waals surface area contributed by atoms with Gasteiger partial charge in [-0.05, 0) is 96.3 Å². The first-order valence-corrected chi connectivity index (χ1v) is 35.6. The van der Waals surface area contributed by atoms with Crippen LogP contribution < -0.4 is 0 Å². The number of hydrogen-bond acceptors (Lipinski definition) is 6. The van der Waals surface area contributed by atoms with Crippen LogP contribution in [0.5, 0.6) is 0 Å². The molecule has 0 bridgehead atoms. The fraction of sp³-hybridized carbons (Fsp3) is 0.776. The second-order valence-electron chi connectivity index (χ2n) is 23.8. The van der Waals surface area contributed by atoms with Crippen molar-refractivity contribution in [2.24, 2.45) is 0 Å². The first kappa shape index (κ1) is 78.6. The number of carbonyl (C=O) groups is 3. The molecule has 0 rings (SSSR count). The minimum absolute atomic E-state index is 0.0803. The van der Waals surface area contributed by atoms with Crippen LogP contribution in [0.25, 0.3) is 0 Å². The van der Waals surface area contributed by atoms with Gasteiger partial charge >= 0.3 is 17.9 Å². The molecule has 6 nitrogen and oxygen atoms in total. The lowest BCUT2D eigenvalue weighted by Gasteiger charge is -2.18. The minimum Gasteiger partial charge on any atom is -0.462 e. The summed E-state index contributed by atoms with van der Waals surface area (Å²) in [5.74, 6) is -0.877. The highest BCUT2D eigenvalue weighted by atomic mass is 16.6. The SMILES string of the molecule is CC/C=C\C/C=C\C/C=C\C/C=C\CCCCCCCCC(=O)OCC(COC(=O)CCCCCCCCCCCC/C=C\C/C=C\C/C=C\CCCCCCC)OC(=O)CCCCCCCCCCCCCCCCCCCCCC. The predicted molar refractivity (Wildman–Crippen MR) is 358 cm³/mol. The van der Waals surface area contributed by atoms with E-state index in [1.54, 1.807) is 0 Å². The van der Waals surface area contributed by atoms with Gasteiger partial charge in [-0.1, -0.05) is 331 Å². The zero-order chi connectivity index (χ0) is 59.2. The molecule has 0 saturated heterocycles.